The number of carboxylic acids is 1. The number of amides is 1. The van der Waals surface area contributed by atoms with Gasteiger partial charge in [0.2, 0.25) is 5.91 Å². The molecule has 0 unspecified atom stereocenters. The zero-order chi connectivity index (χ0) is 12.1. The van der Waals surface area contributed by atoms with Crippen molar-refractivity contribution in [2.75, 3.05) is 6.54 Å². The maximum Gasteiger partial charge on any atom is 0.305 e. The Labute approximate surface area is 90.0 Å². The van der Waals surface area contributed by atoms with Gasteiger partial charge in [-0.25, -0.2) is 0 Å². The average Bonchev–Trinajstić information content (AvgIpc) is 2.00. The molecule has 1 amide bonds. The number of nitrogens with one attached hydrogen (secondary N) is 1. The van der Waals surface area contributed by atoms with Crippen molar-refractivity contribution < 1.29 is 14.7 Å². The van der Waals surface area contributed by atoms with Crippen molar-refractivity contribution in [2.24, 2.45) is 11.1 Å². The van der Waals surface area contributed by atoms with E-state index in [1.165, 1.54) is 0 Å². The largest absolute Gasteiger partial charge is 0.481 e. The Kier molecular flexibility index (Phi) is 5.28. The highest BCUT2D eigenvalue weighted by molar-refractivity contribution is 5.85. The summed E-state index contributed by atoms with van der Waals surface area (Å²) in [7, 11) is 0. The Bertz CT molecular complexity index is 233. The number of carboxylic acid groups (broad SMARTS) is 1. The summed E-state index contributed by atoms with van der Waals surface area (Å²) in [5, 5.41) is 11.0. The number of hydrogen-bond donors (Lipinski definition) is 3. The topological polar surface area (TPSA) is 92.4 Å². The highest BCUT2D eigenvalue weighted by Crippen LogP contribution is 2.16. The maximum atomic E-state index is 11.3. The number of aliphatic carboxylic acids is 1. The molecule has 0 bridgehead atoms. The predicted molar refractivity (Wildman–Crippen MR) is 57.3 cm³/mol. The third-order valence-electron chi connectivity index (χ3n) is 1.91. The SMILES string of the molecule is CC(C)(C)CCNC(=O)[C@@H](N)CC(=O)O. The van der Waals surface area contributed by atoms with Gasteiger partial charge in [-0.05, 0) is 11.8 Å². The molecule has 4 N–H and O–H groups in total. The Morgan fingerprint density at radius 3 is 2.33 bits per heavy atom. The van der Waals surface area contributed by atoms with Crippen molar-refractivity contribution in [3.05, 3.63) is 0 Å². The second-order valence-electron chi connectivity index (χ2n) is 4.81. The first kappa shape index (κ1) is 13.9. The molecule has 0 aliphatic heterocycles. The molecule has 0 aliphatic rings. The van der Waals surface area contributed by atoms with Crippen LogP contribution in [0.1, 0.15) is 33.6 Å². The van der Waals surface area contributed by atoms with E-state index in [1.807, 2.05) is 0 Å². The lowest BCUT2D eigenvalue weighted by Crippen LogP contribution is -2.42. The van der Waals surface area contributed by atoms with Gasteiger partial charge < -0.3 is 16.2 Å². The molecule has 0 heterocycles. The summed E-state index contributed by atoms with van der Waals surface area (Å²) < 4.78 is 0. The van der Waals surface area contributed by atoms with Gasteiger partial charge in [-0.1, -0.05) is 20.8 Å². The van der Waals surface area contributed by atoms with E-state index in [1.54, 1.807) is 0 Å². The van der Waals surface area contributed by atoms with Gasteiger partial charge in [0, 0.05) is 6.54 Å². The van der Waals surface area contributed by atoms with E-state index in [-0.39, 0.29) is 11.8 Å². The van der Waals surface area contributed by atoms with Gasteiger partial charge in [0.25, 0.3) is 0 Å². The zero-order valence-corrected chi connectivity index (χ0v) is 9.54. The third kappa shape index (κ3) is 7.93. The van der Waals surface area contributed by atoms with Crippen LogP contribution in [0.3, 0.4) is 0 Å². The molecular weight excluding hydrogens is 196 g/mol. The normalized spacial score (nSPS) is 13.3. The lowest BCUT2D eigenvalue weighted by atomic mass is 9.92. The molecule has 0 aromatic carbocycles. The van der Waals surface area contributed by atoms with Crippen LogP contribution in [0, 0.1) is 5.41 Å². The second-order valence-corrected chi connectivity index (χ2v) is 4.81. The smallest absolute Gasteiger partial charge is 0.305 e. The van der Waals surface area contributed by atoms with Crippen LogP contribution in [0.5, 0.6) is 0 Å². The molecule has 88 valence electrons. The van der Waals surface area contributed by atoms with Crippen molar-refractivity contribution in [2.45, 2.75) is 39.7 Å². The summed E-state index contributed by atoms with van der Waals surface area (Å²) in [4.78, 5) is 21.6. The van der Waals surface area contributed by atoms with E-state index >= 15 is 0 Å². The standard InChI is InChI=1S/C10H20N2O3/c1-10(2,3)4-5-12-9(15)7(11)6-8(13)14/h7H,4-6,11H2,1-3H3,(H,12,15)(H,13,14)/t7-/m0/s1. The van der Waals surface area contributed by atoms with Gasteiger partial charge >= 0.3 is 5.97 Å². The molecule has 0 aliphatic carbocycles. The molecule has 0 fully saturated rings. The van der Waals surface area contributed by atoms with Crippen LogP contribution >= 0.6 is 0 Å². The summed E-state index contributed by atoms with van der Waals surface area (Å²) in [6.07, 6.45) is 0.500. The van der Waals surface area contributed by atoms with Crippen LogP contribution in [0.15, 0.2) is 0 Å². The summed E-state index contributed by atoms with van der Waals surface area (Å²) in [5.74, 6) is -1.46. The number of carbonyl (C=O) groups is 2. The minimum atomic E-state index is -1.06. The predicted octanol–water partition coefficient (Wildman–Crippen LogP) is 0.341. The Morgan fingerprint density at radius 1 is 1.40 bits per heavy atom. The Hall–Kier alpha value is -1.10. The van der Waals surface area contributed by atoms with Crippen LogP contribution in [0.25, 0.3) is 0 Å². The number of carbonyl (C=O) groups excluding carboxylic acids is 1. The molecule has 0 radical (unpaired) electrons. The number of hydrogen-bond acceptors (Lipinski definition) is 3. The maximum absolute atomic E-state index is 11.3. The second kappa shape index (κ2) is 5.70. The van der Waals surface area contributed by atoms with Crippen LogP contribution in [-0.2, 0) is 9.59 Å². The number of rotatable bonds is 5. The summed E-state index contributed by atoms with van der Waals surface area (Å²) in [5.41, 5.74) is 5.52. The number of nitrogens with two attached hydrogens (primary N) is 1. The lowest BCUT2D eigenvalue weighted by Gasteiger charge is -2.18. The molecule has 5 nitrogen and oxygen atoms in total. The van der Waals surface area contributed by atoms with Crippen LogP contribution in [0.2, 0.25) is 0 Å². The van der Waals surface area contributed by atoms with E-state index in [2.05, 4.69) is 26.1 Å². The van der Waals surface area contributed by atoms with Crippen molar-refractivity contribution in [3.63, 3.8) is 0 Å². The van der Waals surface area contributed by atoms with Gasteiger partial charge in [-0.15, -0.1) is 0 Å². The summed E-state index contributed by atoms with van der Waals surface area (Å²) in [6, 6.07) is -0.956. The first-order chi connectivity index (χ1) is 6.72. The first-order valence-electron chi connectivity index (χ1n) is 4.97. The van der Waals surface area contributed by atoms with E-state index < -0.39 is 17.9 Å². The van der Waals surface area contributed by atoms with Crippen molar-refractivity contribution in [1.29, 1.82) is 0 Å². The lowest BCUT2D eigenvalue weighted by molar-refractivity contribution is -0.139. The van der Waals surface area contributed by atoms with E-state index in [0.717, 1.165) is 6.42 Å². The van der Waals surface area contributed by atoms with Crippen molar-refractivity contribution in [3.8, 4) is 0 Å². The molecule has 0 saturated carbocycles. The van der Waals surface area contributed by atoms with Crippen LogP contribution < -0.4 is 11.1 Å². The van der Waals surface area contributed by atoms with Gasteiger partial charge in [0.05, 0.1) is 12.5 Å². The van der Waals surface area contributed by atoms with E-state index in [4.69, 9.17) is 10.8 Å². The molecule has 0 rings (SSSR count). The minimum absolute atomic E-state index is 0.143. The summed E-state index contributed by atoms with van der Waals surface area (Å²) >= 11 is 0. The molecule has 15 heavy (non-hydrogen) atoms. The first-order valence-corrected chi connectivity index (χ1v) is 4.97. The minimum Gasteiger partial charge on any atom is -0.481 e. The molecule has 0 aromatic heterocycles. The van der Waals surface area contributed by atoms with E-state index in [9.17, 15) is 9.59 Å². The zero-order valence-electron chi connectivity index (χ0n) is 9.54. The van der Waals surface area contributed by atoms with Gasteiger partial charge in [-0.3, -0.25) is 9.59 Å². The molecule has 0 spiro atoms. The monoisotopic (exact) mass is 216 g/mol. The fourth-order valence-electron chi connectivity index (χ4n) is 0.973. The fourth-order valence-corrected chi connectivity index (χ4v) is 0.973. The van der Waals surface area contributed by atoms with Crippen molar-refractivity contribution >= 4 is 11.9 Å². The molecular formula is C10H20N2O3. The quantitative estimate of drug-likeness (QED) is 0.618. The third-order valence-corrected chi connectivity index (χ3v) is 1.91. The van der Waals surface area contributed by atoms with E-state index in [0.29, 0.717) is 6.54 Å². The van der Waals surface area contributed by atoms with Crippen LogP contribution in [0.4, 0.5) is 0 Å². The molecule has 0 aromatic rings. The summed E-state index contributed by atoms with van der Waals surface area (Å²) in [6.45, 7) is 6.72. The van der Waals surface area contributed by atoms with Gasteiger partial charge in [0.15, 0.2) is 0 Å². The fraction of sp³-hybridized carbons (Fsp3) is 0.800. The molecule has 1 atom stereocenters. The Morgan fingerprint density at radius 2 is 1.93 bits per heavy atom. The highest BCUT2D eigenvalue weighted by atomic mass is 16.4. The van der Waals surface area contributed by atoms with Crippen molar-refractivity contribution in [1.82, 2.24) is 5.32 Å². The van der Waals surface area contributed by atoms with Crippen LogP contribution in [-0.4, -0.2) is 29.6 Å². The highest BCUT2D eigenvalue weighted by Gasteiger charge is 2.17. The van der Waals surface area contributed by atoms with Gasteiger partial charge in [0.1, 0.15) is 0 Å². The molecule has 5 heteroatoms. The average molecular weight is 216 g/mol. The molecule has 0 saturated heterocycles. The Balaban J connectivity index is 3.79. The van der Waals surface area contributed by atoms with Gasteiger partial charge in [-0.2, -0.15) is 0 Å².